The predicted octanol–water partition coefficient (Wildman–Crippen LogP) is 1.80. The minimum atomic E-state index is 0.0708. The molecule has 0 N–H and O–H groups in total. The van der Waals surface area contributed by atoms with E-state index in [1.54, 1.807) is 0 Å². The van der Waals surface area contributed by atoms with E-state index < -0.39 is 0 Å². The summed E-state index contributed by atoms with van der Waals surface area (Å²) < 4.78 is 1.83. The number of carbonyl (C=O) groups excluding carboxylic acids is 1. The summed E-state index contributed by atoms with van der Waals surface area (Å²) in [5, 5.41) is 8.27. The highest BCUT2D eigenvalue weighted by atomic mass is 16.2. The number of pyridine rings is 1. The molecule has 0 unspecified atom stereocenters. The third-order valence-electron chi connectivity index (χ3n) is 4.88. The van der Waals surface area contributed by atoms with Gasteiger partial charge in [0, 0.05) is 57.2 Å². The standard InChI is InChI=1S/C19H22N6O/c1-2-25-18-4-3-16(13-17(18)21-22-25)19(26)24-11-9-23(10-12-24)14-15-5-7-20-8-6-15/h3-8,13H,2,9-12,14H2,1H3. The summed E-state index contributed by atoms with van der Waals surface area (Å²) in [6.07, 6.45) is 3.64. The molecule has 0 aliphatic carbocycles. The van der Waals surface area contributed by atoms with Crippen molar-refractivity contribution in [3.8, 4) is 0 Å². The van der Waals surface area contributed by atoms with Crippen LogP contribution in [0.2, 0.25) is 0 Å². The molecule has 3 aromatic rings. The normalized spacial score (nSPS) is 15.5. The second kappa shape index (κ2) is 7.21. The molecule has 7 nitrogen and oxygen atoms in total. The Labute approximate surface area is 152 Å². The molecule has 7 heteroatoms. The van der Waals surface area contributed by atoms with Crippen LogP contribution in [0.1, 0.15) is 22.8 Å². The van der Waals surface area contributed by atoms with Gasteiger partial charge in [-0.1, -0.05) is 5.21 Å². The largest absolute Gasteiger partial charge is 0.336 e. The van der Waals surface area contributed by atoms with Gasteiger partial charge in [0.2, 0.25) is 0 Å². The van der Waals surface area contributed by atoms with E-state index in [1.807, 2.05) is 59.2 Å². The molecule has 1 aromatic carbocycles. The van der Waals surface area contributed by atoms with Gasteiger partial charge in [0.15, 0.2) is 0 Å². The van der Waals surface area contributed by atoms with Crippen molar-refractivity contribution in [2.75, 3.05) is 26.2 Å². The number of nitrogens with zero attached hydrogens (tertiary/aromatic N) is 6. The quantitative estimate of drug-likeness (QED) is 0.718. The van der Waals surface area contributed by atoms with E-state index in [0.717, 1.165) is 50.3 Å². The van der Waals surface area contributed by atoms with Crippen molar-refractivity contribution in [1.29, 1.82) is 0 Å². The third kappa shape index (κ3) is 3.30. The van der Waals surface area contributed by atoms with Crippen molar-refractivity contribution in [2.45, 2.75) is 20.0 Å². The first-order chi connectivity index (χ1) is 12.7. The topological polar surface area (TPSA) is 67.2 Å². The van der Waals surface area contributed by atoms with Gasteiger partial charge in [0.25, 0.3) is 5.91 Å². The number of hydrogen-bond donors (Lipinski definition) is 0. The number of amides is 1. The average molecular weight is 350 g/mol. The second-order valence-corrected chi connectivity index (χ2v) is 6.53. The summed E-state index contributed by atoms with van der Waals surface area (Å²) in [7, 11) is 0. The molecule has 4 rings (SSSR count). The Hall–Kier alpha value is -2.80. The lowest BCUT2D eigenvalue weighted by molar-refractivity contribution is 0.0628. The molecule has 2 aromatic heterocycles. The number of piperazine rings is 1. The van der Waals surface area contributed by atoms with E-state index in [4.69, 9.17) is 0 Å². The Balaban J connectivity index is 1.40. The summed E-state index contributed by atoms with van der Waals surface area (Å²) in [6, 6.07) is 9.74. The van der Waals surface area contributed by atoms with Gasteiger partial charge in [0.05, 0.1) is 5.52 Å². The molecule has 1 saturated heterocycles. The molecule has 26 heavy (non-hydrogen) atoms. The number of carbonyl (C=O) groups is 1. The van der Waals surface area contributed by atoms with Gasteiger partial charge in [-0.2, -0.15) is 0 Å². The summed E-state index contributed by atoms with van der Waals surface area (Å²) in [5.41, 5.74) is 3.67. The first kappa shape index (κ1) is 16.7. The van der Waals surface area contributed by atoms with E-state index in [1.165, 1.54) is 5.56 Å². The number of rotatable bonds is 4. The molecule has 0 atom stereocenters. The van der Waals surface area contributed by atoms with E-state index >= 15 is 0 Å². The maximum atomic E-state index is 12.8. The molecule has 0 spiro atoms. The molecule has 0 radical (unpaired) electrons. The zero-order valence-corrected chi connectivity index (χ0v) is 14.9. The van der Waals surface area contributed by atoms with Crippen LogP contribution in [0.3, 0.4) is 0 Å². The van der Waals surface area contributed by atoms with Gasteiger partial charge in [-0.15, -0.1) is 5.10 Å². The minimum absolute atomic E-state index is 0.0708. The van der Waals surface area contributed by atoms with Crippen molar-refractivity contribution in [1.82, 2.24) is 29.8 Å². The Bertz CT molecular complexity index is 899. The summed E-state index contributed by atoms with van der Waals surface area (Å²) in [4.78, 5) is 21.2. The van der Waals surface area contributed by atoms with Crippen LogP contribution in [0.5, 0.6) is 0 Å². The molecule has 134 valence electrons. The van der Waals surface area contributed by atoms with E-state index in [9.17, 15) is 4.79 Å². The summed E-state index contributed by atoms with van der Waals surface area (Å²) in [5.74, 6) is 0.0708. The Kier molecular flexibility index (Phi) is 4.62. The lowest BCUT2D eigenvalue weighted by Gasteiger charge is -2.34. The molecular formula is C19H22N6O. The zero-order chi connectivity index (χ0) is 17.9. The fourth-order valence-corrected chi connectivity index (χ4v) is 3.38. The molecule has 1 amide bonds. The molecule has 3 heterocycles. The molecular weight excluding hydrogens is 328 g/mol. The first-order valence-corrected chi connectivity index (χ1v) is 8.98. The predicted molar refractivity (Wildman–Crippen MR) is 98.6 cm³/mol. The summed E-state index contributed by atoms with van der Waals surface area (Å²) >= 11 is 0. The number of aromatic nitrogens is 4. The van der Waals surface area contributed by atoms with Crippen molar-refractivity contribution >= 4 is 16.9 Å². The Morgan fingerprint density at radius 3 is 2.58 bits per heavy atom. The molecule has 1 aliphatic rings. The van der Waals surface area contributed by atoms with Crippen molar-refractivity contribution in [3.63, 3.8) is 0 Å². The van der Waals surface area contributed by atoms with Gasteiger partial charge in [-0.25, -0.2) is 4.68 Å². The van der Waals surface area contributed by atoms with Gasteiger partial charge in [-0.3, -0.25) is 14.7 Å². The molecule has 1 fully saturated rings. The van der Waals surface area contributed by atoms with Crippen LogP contribution >= 0.6 is 0 Å². The van der Waals surface area contributed by atoms with Crippen LogP contribution in [0.4, 0.5) is 0 Å². The average Bonchev–Trinajstić information content (AvgIpc) is 3.11. The lowest BCUT2D eigenvalue weighted by Crippen LogP contribution is -2.48. The zero-order valence-electron chi connectivity index (χ0n) is 14.9. The maximum Gasteiger partial charge on any atom is 0.254 e. The number of fused-ring (bicyclic) bond motifs is 1. The number of aryl methyl sites for hydroxylation is 1. The summed E-state index contributed by atoms with van der Waals surface area (Å²) in [6.45, 7) is 6.93. The van der Waals surface area contributed by atoms with E-state index in [0.29, 0.717) is 5.56 Å². The van der Waals surface area contributed by atoms with Gasteiger partial charge >= 0.3 is 0 Å². The van der Waals surface area contributed by atoms with E-state index in [-0.39, 0.29) is 5.91 Å². The smallest absolute Gasteiger partial charge is 0.254 e. The monoisotopic (exact) mass is 350 g/mol. The van der Waals surface area contributed by atoms with Crippen LogP contribution in [0, 0.1) is 0 Å². The van der Waals surface area contributed by atoms with Crippen molar-refractivity contribution in [2.24, 2.45) is 0 Å². The highest BCUT2D eigenvalue weighted by Gasteiger charge is 2.22. The van der Waals surface area contributed by atoms with Crippen LogP contribution in [-0.2, 0) is 13.1 Å². The highest BCUT2D eigenvalue weighted by Crippen LogP contribution is 2.16. The fourth-order valence-electron chi connectivity index (χ4n) is 3.38. The van der Waals surface area contributed by atoms with E-state index in [2.05, 4.69) is 20.2 Å². The van der Waals surface area contributed by atoms with Gasteiger partial charge in [0.1, 0.15) is 5.52 Å². The van der Waals surface area contributed by atoms with Crippen molar-refractivity contribution in [3.05, 3.63) is 53.9 Å². The van der Waals surface area contributed by atoms with Crippen LogP contribution in [0.15, 0.2) is 42.7 Å². The SMILES string of the molecule is CCn1nnc2cc(C(=O)N3CCN(Cc4ccncc4)CC3)ccc21. The number of hydrogen-bond acceptors (Lipinski definition) is 5. The molecule has 1 aliphatic heterocycles. The fraction of sp³-hybridized carbons (Fsp3) is 0.368. The van der Waals surface area contributed by atoms with Crippen LogP contribution in [0.25, 0.3) is 11.0 Å². The third-order valence-corrected chi connectivity index (χ3v) is 4.88. The maximum absolute atomic E-state index is 12.8. The molecule has 0 bridgehead atoms. The highest BCUT2D eigenvalue weighted by molar-refractivity contribution is 5.97. The minimum Gasteiger partial charge on any atom is -0.336 e. The first-order valence-electron chi connectivity index (χ1n) is 8.98. The molecule has 0 saturated carbocycles. The van der Waals surface area contributed by atoms with Gasteiger partial charge < -0.3 is 4.90 Å². The Morgan fingerprint density at radius 1 is 1.08 bits per heavy atom. The van der Waals surface area contributed by atoms with Crippen LogP contribution in [-0.4, -0.2) is 61.9 Å². The lowest BCUT2D eigenvalue weighted by atomic mass is 10.1. The number of benzene rings is 1. The van der Waals surface area contributed by atoms with Crippen molar-refractivity contribution < 1.29 is 4.79 Å². The Morgan fingerprint density at radius 2 is 1.85 bits per heavy atom. The van der Waals surface area contributed by atoms with Gasteiger partial charge in [-0.05, 0) is 42.8 Å². The second-order valence-electron chi connectivity index (χ2n) is 6.53. The van der Waals surface area contributed by atoms with Crippen LogP contribution < -0.4 is 0 Å².